The maximum Gasteiger partial charge on any atom is 0.273 e. The van der Waals surface area contributed by atoms with Crippen molar-refractivity contribution in [1.82, 2.24) is 25.3 Å². The number of aromatic nitrogens is 4. The molecule has 1 amide bonds. The first-order valence-electron chi connectivity index (χ1n) is 8.58. The van der Waals surface area contributed by atoms with Crippen molar-refractivity contribution < 1.29 is 4.79 Å². The third-order valence-electron chi connectivity index (χ3n) is 4.33. The molecule has 2 aromatic carbocycles. The van der Waals surface area contributed by atoms with Crippen LogP contribution in [0.5, 0.6) is 0 Å². The van der Waals surface area contributed by atoms with E-state index in [-0.39, 0.29) is 11.6 Å². The maximum absolute atomic E-state index is 12.4. The first-order valence-corrected chi connectivity index (χ1v) is 8.96. The van der Waals surface area contributed by atoms with Crippen LogP contribution in [0.25, 0.3) is 10.9 Å². The largest absolute Gasteiger partial charge is 0.359 e. The smallest absolute Gasteiger partial charge is 0.273 e. The molecule has 0 radical (unpaired) electrons. The molecule has 0 fully saturated rings. The number of nitrogens with zero attached hydrogens (tertiary/aromatic N) is 3. The number of halogens is 1. The predicted octanol–water partition coefficient (Wildman–Crippen LogP) is 3.70. The Morgan fingerprint density at radius 1 is 1.22 bits per heavy atom. The molecular formula is C20H18ClN5O. The molecule has 0 aliphatic heterocycles. The highest BCUT2D eigenvalue weighted by Crippen LogP contribution is 2.17. The predicted molar refractivity (Wildman–Crippen MR) is 105 cm³/mol. The normalized spacial score (nSPS) is 11.0. The summed E-state index contributed by atoms with van der Waals surface area (Å²) in [7, 11) is 0. The fourth-order valence-corrected chi connectivity index (χ4v) is 3.19. The molecular weight excluding hydrogens is 362 g/mol. The maximum atomic E-state index is 12.4. The van der Waals surface area contributed by atoms with E-state index in [0.29, 0.717) is 18.1 Å². The highest BCUT2D eigenvalue weighted by Gasteiger charge is 2.11. The van der Waals surface area contributed by atoms with Gasteiger partial charge in [-0.15, -0.1) is 5.10 Å². The molecule has 2 heterocycles. The van der Waals surface area contributed by atoms with E-state index in [1.54, 1.807) is 10.9 Å². The van der Waals surface area contributed by atoms with Gasteiger partial charge in [0.1, 0.15) is 0 Å². The SMILES string of the molecule is Cc1cc2cc(CNC(=O)c3cn(Cc4ccccc4Cl)nn3)ccc2[nH]1. The van der Waals surface area contributed by atoms with Crippen LogP contribution >= 0.6 is 11.6 Å². The molecule has 7 heteroatoms. The summed E-state index contributed by atoms with van der Waals surface area (Å²) in [6.07, 6.45) is 1.62. The Morgan fingerprint density at radius 2 is 2.07 bits per heavy atom. The molecule has 0 bridgehead atoms. The van der Waals surface area contributed by atoms with Gasteiger partial charge in [-0.25, -0.2) is 4.68 Å². The zero-order valence-corrected chi connectivity index (χ0v) is 15.5. The Labute approximate surface area is 161 Å². The van der Waals surface area contributed by atoms with Crippen LogP contribution in [0.2, 0.25) is 5.02 Å². The van der Waals surface area contributed by atoms with Crippen molar-refractivity contribution in [3.8, 4) is 0 Å². The number of carbonyl (C=O) groups excluding carboxylic acids is 1. The summed E-state index contributed by atoms with van der Waals surface area (Å²) >= 11 is 6.16. The molecule has 6 nitrogen and oxygen atoms in total. The van der Waals surface area contributed by atoms with Crippen molar-refractivity contribution in [2.75, 3.05) is 0 Å². The van der Waals surface area contributed by atoms with Crippen LogP contribution < -0.4 is 5.32 Å². The molecule has 0 aliphatic rings. The van der Waals surface area contributed by atoms with Crippen molar-refractivity contribution in [2.45, 2.75) is 20.0 Å². The van der Waals surface area contributed by atoms with Gasteiger partial charge in [0.15, 0.2) is 5.69 Å². The van der Waals surface area contributed by atoms with Crippen molar-refractivity contribution >= 4 is 28.4 Å². The van der Waals surface area contributed by atoms with Crippen molar-refractivity contribution in [2.24, 2.45) is 0 Å². The van der Waals surface area contributed by atoms with E-state index in [2.05, 4.69) is 32.7 Å². The number of fused-ring (bicyclic) bond motifs is 1. The van der Waals surface area contributed by atoms with E-state index in [4.69, 9.17) is 11.6 Å². The minimum Gasteiger partial charge on any atom is -0.359 e. The molecule has 2 N–H and O–H groups in total. The highest BCUT2D eigenvalue weighted by molar-refractivity contribution is 6.31. The van der Waals surface area contributed by atoms with E-state index < -0.39 is 0 Å². The van der Waals surface area contributed by atoms with Gasteiger partial charge in [-0.2, -0.15) is 0 Å². The molecule has 4 aromatic rings. The van der Waals surface area contributed by atoms with Crippen molar-refractivity contribution in [1.29, 1.82) is 0 Å². The minimum absolute atomic E-state index is 0.259. The van der Waals surface area contributed by atoms with Gasteiger partial charge in [0.25, 0.3) is 5.91 Å². The summed E-state index contributed by atoms with van der Waals surface area (Å²) in [6.45, 7) is 2.91. The molecule has 4 rings (SSSR count). The number of H-pyrrole nitrogens is 1. The highest BCUT2D eigenvalue weighted by atomic mass is 35.5. The Kier molecular flexibility index (Phi) is 4.64. The van der Waals surface area contributed by atoms with Gasteiger partial charge < -0.3 is 10.3 Å². The molecule has 136 valence electrons. The van der Waals surface area contributed by atoms with Crippen molar-refractivity contribution in [3.05, 3.63) is 82.3 Å². The van der Waals surface area contributed by atoms with E-state index in [1.165, 1.54) is 0 Å². The number of hydrogen-bond donors (Lipinski definition) is 2. The van der Waals surface area contributed by atoms with Gasteiger partial charge in [-0.05, 0) is 47.7 Å². The summed E-state index contributed by atoms with van der Waals surface area (Å²) in [5, 5.41) is 12.7. The van der Waals surface area contributed by atoms with E-state index in [9.17, 15) is 4.79 Å². The first kappa shape index (κ1) is 17.3. The lowest BCUT2D eigenvalue weighted by Crippen LogP contribution is -2.23. The number of carbonyl (C=O) groups is 1. The fraction of sp³-hybridized carbons (Fsp3) is 0.150. The number of rotatable bonds is 5. The van der Waals surface area contributed by atoms with Crippen LogP contribution in [0, 0.1) is 6.92 Å². The summed E-state index contributed by atoms with van der Waals surface area (Å²) < 4.78 is 1.60. The number of aryl methyl sites for hydroxylation is 1. The number of nitrogens with one attached hydrogen (secondary N) is 2. The third kappa shape index (κ3) is 3.85. The summed E-state index contributed by atoms with van der Waals surface area (Å²) in [6, 6.07) is 15.7. The third-order valence-corrected chi connectivity index (χ3v) is 4.70. The zero-order chi connectivity index (χ0) is 18.8. The van der Waals surface area contributed by atoms with Crippen LogP contribution in [0.1, 0.15) is 27.3 Å². The van der Waals surface area contributed by atoms with Gasteiger partial charge in [0.2, 0.25) is 0 Å². The summed E-state index contributed by atoms with van der Waals surface area (Å²) in [5.74, 6) is -0.259. The van der Waals surface area contributed by atoms with Crippen LogP contribution in [0.3, 0.4) is 0 Å². The van der Waals surface area contributed by atoms with Crippen LogP contribution in [-0.2, 0) is 13.1 Å². The second kappa shape index (κ2) is 7.25. The Balaban J connectivity index is 1.41. The Hall–Kier alpha value is -3.12. The molecule has 0 unspecified atom stereocenters. The average Bonchev–Trinajstić information content (AvgIpc) is 3.27. The monoisotopic (exact) mass is 379 g/mol. The van der Waals surface area contributed by atoms with Crippen LogP contribution in [0.4, 0.5) is 0 Å². The van der Waals surface area contributed by atoms with Crippen LogP contribution in [-0.4, -0.2) is 25.9 Å². The quantitative estimate of drug-likeness (QED) is 0.555. The van der Waals surface area contributed by atoms with E-state index in [1.807, 2.05) is 43.3 Å². The number of hydrogen-bond acceptors (Lipinski definition) is 3. The Morgan fingerprint density at radius 3 is 2.93 bits per heavy atom. The van der Waals surface area contributed by atoms with Gasteiger partial charge in [0.05, 0.1) is 12.7 Å². The van der Waals surface area contributed by atoms with E-state index >= 15 is 0 Å². The second-order valence-corrected chi connectivity index (χ2v) is 6.86. The second-order valence-electron chi connectivity index (χ2n) is 6.45. The topological polar surface area (TPSA) is 75.6 Å². The van der Waals surface area contributed by atoms with Gasteiger partial charge in [-0.3, -0.25) is 4.79 Å². The lowest BCUT2D eigenvalue weighted by atomic mass is 10.1. The first-order chi connectivity index (χ1) is 13.1. The average molecular weight is 380 g/mol. The number of amides is 1. The van der Waals surface area contributed by atoms with Crippen molar-refractivity contribution in [3.63, 3.8) is 0 Å². The number of aromatic amines is 1. The lowest BCUT2D eigenvalue weighted by molar-refractivity contribution is 0.0946. The molecule has 0 aliphatic carbocycles. The van der Waals surface area contributed by atoms with Crippen LogP contribution in [0.15, 0.2) is 54.7 Å². The molecule has 0 saturated carbocycles. The molecule has 0 atom stereocenters. The lowest BCUT2D eigenvalue weighted by Gasteiger charge is -2.04. The number of benzene rings is 2. The summed E-state index contributed by atoms with van der Waals surface area (Å²) in [5.41, 5.74) is 4.43. The minimum atomic E-state index is -0.259. The van der Waals surface area contributed by atoms with Gasteiger partial charge in [0, 0.05) is 22.8 Å². The Bertz CT molecular complexity index is 1110. The molecule has 27 heavy (non-hydrogen) atoms. The fourth-order valence-electron chi connectivity index (χ4n) is 2.99. The summed E-state index contributed by atoms with van der Waals surface area (Å²) in [4.78, 5) is 15.6. The zero-order valence-electron chi connectivity index (χ0n) is 14.7. The molecule has 0 saturated heterocycles. The molecule has 2 aromatic heterocycles. The molecule has 0 spiro atoms. The standard InChI is InChI=1S/C20H18ClN5O/c1-13-8-16-9-14(6-7-18(16)23-13)10-22-20(27)19-12-26(25-24-19)11-15-4-2-3-5-17(15)21/h2-9,12,23H,10-11H2,1H3,(H,22,27). The van der Waals surface area contributed by atoms with E-state index in [0.717, 1.165) is 27.7 Å². The van der Waals surface area contributed by atoms with Gasteiger partial charge in [-0.1, -0.05) is 41.1 Å². The van der Waals surface area contributed by atoms with Gasteiger partial charge >= 0.3 is 0 Å².